The number of pyridine rings is 1. The Hall–Kier alpha value is -2.25. The van der Waals surface area contributed by atoms with Crippen LogP contribution in [-0.2, 0) is 10.0 Å². The Balaban J connectivity index is 1.91. The molecule has 138 valence electrons. The fourth-order valence-electron chi connectivity index (χ4n) is 2.96. The third kappa shape index (κ3) is 3.78. The van der Waals surface area contributed by atoms with Gasteiger partial charge in [0, 0.05) is 30.9 Å². The molecule has 0 saturated carbocycles. The third-order valence-corrected chi connectivity index (χ3v) is 6.16. The Labute approximate surface area is 153 Å². The molecule has 0 radical (unpaired) electrons. The smallest absolute Gasteiger partial charge is 0.263 e. The Bertz CT molecular complexity index is 954. The van der Waals surface area contributed by atoms with Crippen LogP contribution >= 0.6 is 0 Å². The number of sulfonamides is 1. The number of hydrogen-bond acceptors (Lipinski definition) is 4. The van der Waals surface area contributed by atoms with E-state index in [1.165, 1.54) is 21.0 Å². The summed E-state index contributed by atoms with van der Waals surface area (Å²) in [5.74, 6) is -0.241. The van der Waals surface area contributed by atoms with Crippen LogP contribution in [0.15, 0.2) is 58.5 Å². The molecule has 1 saturated heterocycles. The molecule has 3 rings (SSSR count). The highest BCUT2D eigenvalue weighted by Crippen LogP contribution is 2.21. The van der Waals surface area contributed by atoms with Crippen LogP contribution in [0.5, 0.6) is 0 Å². The molecule has 0 bridgehead atoms. The molecule has 0 N–H and O–H groups in total. The molecular weight excluding hydrogens is 350 g/mol. The first kappa shape index (κ1) is 18.5. The first-order valence-corrected chi connectivity index (χ1v) is 10.2. The molecule has 1 aliphatic rings. The standard InChI is InChI=1S/C19H23N3O3S/c1-15(2)20-18-7-3-4-14-22(18)19(23)16-8-10-17(11-9-16)26(24,25)21-12-5-6-13-21/h3-4,7-11,14-15H,5-6,12-13H2,1-2H3. The molecule has 2 heterocycles. The lowest BCUT2D eigenvalue weighted by Gasteiger charge is -2.15. The van der Waals surface area contributed by atoms with E-state index < -0.39 is 10.0 Å². The Morgan fingerprint density at radius 2 is 1.69 bits per heavy atom. The molecule has 0 spiro atoms. The molecule has 0 unspecified atom stereocenters. The molecule has 1 aromatic carbocycles. The van der Waals surface area contributed by atoms with Crippen molar-refractivity contribution in [1.29, 1.82) is 0 Å². The van der Waals surface area contributed by atoms with Crippen molar-refractivity contribution < 1.29 is 13.2 Å². The van der Waals surface area contributed by atoms with Gasteiger partial charge in [-0.2, -0.15) is 4.31 Å². The van der Waals surface area contributed by atoms with Gasteiger partial charge in [-0.05, 0) is 63.1 Å². The van der Waals surface area contributed by atoms with Gasteiger partial charge in [-0.3, -0.25) is 14.4 Å². The summed E-state index contributed by atoms with van der Waals surface area (Å²) in [7, 11) is -3.47. The zero-order valence-corrected chi connectivity index (χ0v) is 15.8. The lowest BCUT2D eigenvalue weighted by Crippen LogP contribution is -2.29. The predicted molar refractivity (Wildman–Crippen MR) is 99.3 cm³/mol. The minimum Gasteiger partial charge on any atom is -0.268 e. The van der Waals surface area contributed by atoms with Gasteiger partial charge in [0.05, 0.1) is 4.90 Å². The predicted octanol–water partition coefficient (Wildman–Crippen LogP) is 2.27. The van der Waals surface area contributed by atoms with Crippen molar-refractivity contribution in [3.05, 3.63) is 59.7 Å². The van der Waals surface area contributed by atoms with Gasteiger partial charge in [-0.25, -0.2) is 8.42 Å². The lowest BCUT2D eigenvalue weighted by atomic mass is 10.2. The van der Waals surface area contributed by atoms with Gasteiger partial charge in [0.1, 0.15) is 5.49 Å². The average Bonchev–Trinajstić information content (AvgIpc) is 3.17. The van der Waals surface area contributed by atoms with E-state index in [4.69, 9.17) is 0 Å². The molecule has 1 aliphatic heterocycles. The highest BCUT2D eigenvalue weighted by atomic mass is 32.2. The normalized spacial score (nSPS) is 16.3. The number of hydrogen-bond donors (Lipinski definition) is 0. The lowest BCUT2D eigenvalue weighted by molar-refractivity contribution is 0.0954. The van der Waals surface area contributed by atoms with Crippen molar-refractivity contribution in [3.63, 3.8) is 0 Å². The summed E-state index contributed by atoms with van der Waals surface area (Å²) >= 11 is 0. The summed E-state index contributed by atoms with van der Waals surface area (Å²) in [5.41, 5.74) is 0.989. The van der Waals surface area contributed by atoms with Crippen molar-refractivity contribution in [2.24, 2.45) is 4.99 Å². The maximum Gasteiger partial charge on any atom is 0.263 e. The zero-order chi connectivity index (χ0) is 18.7. The number of carbonyl (C=O) groups is 1. The van der Waals surface area contributed by atoms with Crippen LogP contribution < -0.4 is 5.49 Å². The van der Waals surface area contributed by atoms with Crippen LogP contribution in [0.3, 0.4) is 0 Å². The quantitative estimate of drug-likeness (QED) is 0.825. The van der Waals surface area contributed by atoms with Gasteiger partial charge in [0.25, 0.3) is 5.91 Å². The van der Waals surface area contributed by atoms with E-state index in [2.05, 4.69) is 4.99 Å². The highest BCUT2D eigenvalue weighted by molar-refractivity contribution is 7.89. The minimum absolute atomic E-state index is 0.0597. The number of nitrogens with zero attached hydrogens (tertiary/aromatic N) is 3. The molecule has 0 aliphatic carbocycles. The van der Waals surface area contributed by atoms with E-state index in [1.807, 2.05) is 19.9 Å². The number of rotatable bonds is 4. The summed E-state index contributed by atoms with van der Waals surface area (Å²) in [6, 6.07) is 11.6. The van der Waals surface area contributed by atoms with Gasteiger partial charge >= 0.3 is 0 Å². The van der Waals surface area contributed by atoms with Crippen molar-refractivity contribution in [1.82, 2.24) is 8.87 Å². The SMILES string of the molecule is CC(C)N=c1ccccn1C(=O)c1ccc(S(=O)(=O)N2CCCC2)cc1. The van der Waals surface area contributed by atoms with Crippen molar-refractivity contribution in [3.8, 4) is 0 Å². The molecule has 1 fully saturated rings. The summed E-state index contributed by atoms with van der Waals surface area (Å²) in [5, 5.41) is 0. The number of aromatic nitrogens is 1. The first-order valence-electron chi connectivity index (χ1n) is 8.76. The summed E-state index contributed by atoms with van der Waals surface area (Å²) in [6.45, 7) is 5.01. The summed E-state index contributed by atoms with van der Waals surface area (Å²) in [6.07, 6.45) is 3.45. The zero-order valence-electron chi connectivity index (χ0n) is 15.0. The van der Waals surface area contributed by atoms with E-state index in [0.29, 0.717) is 24.1 Å². The third-order valence-electron chi connectivity index (χ3n) is 4.25. The molecule has 26 heavy (non-hydrogen) atoms. The Morgan fingerprint density at radius 3 is 2.31 bits per heavy atom. The fraction of sp³-hybridized carbons (Fsp3) is 0.368. The van der Waals surface area contributed by atoms with E-state index >= 15 is 0 Å². The molecular formula is C19H23N3O3S. The second-order valence-corrected chi connectivity index (χ2v) is 8.53. The number of carbonyl (C=O) groups excluding carboxylic acids is 1. The molecule has 6 nitrogen and oxygen atoms in total. The van der Waals surface area contributed by atoms with Gasteiger partial charge in [-0.15, -0.1) is 0 Å². The highest BCUT2D eigenvalue weighted by Gasteiger charge is 2.27. The number of benzene rings is 1. The van der Waals surface area contributed by atoms with Gasteiger partial charge in [0.2, 0.25) is 10.0 Å². The Morgan fingerprint density at radius 1 is 1.04 bits per heavy atom. The average molecular weight is 373 g/mol. The molecule has 2 aromatic rings. The van der Waals surface area contributed by atoms with Crippen LogP contribution in [0, 0.1) is 0 Å². The van der Waals surface area contributed by atoms with Crippen LogP contribution in [0.1, 0.15) is 37.0 Å². The molecule has 1 aromatic heterocycles. The van der Waals surface area contributed by atoms with E-state index in [0.717, 1.165) is 12.8 Å². The van der Waals surface area contributed by atoms with Gasteiger partial charge in [0.15, 0.2) is 0 Å². The van der Waals surface area contributed by atoms with Crippen LogP contribution in [-0.4, -0.2) is 42.3 Å². The van der Waals surface area contributed by atoms with Crippen molar-refractivity contribution in [2.45, 2.75) is 37.6 Å². The van der Waals surface area contributed by atoms with Crippen LogP contribution in [0.25, 0.3) is 0 Å². The van der Waals surface area contributed by atoms with Crippen LogP contribution in [0.4, 0.5) is 0 Å². The van der Waals surface area contributed by atoms with Crippen molar-refractivity contribution >= 4 is 15.9 Å². The molecule has 0 amide bonds. The summed E-state index contributed by atoms with van der Waals surface area (Å²) < 4.78 is 28.1. The maximum absolute atomic E-state index is 12.8. The van der Waals surface area contributed by atoms with Gasteiger partial charge < -0.3 is 0 Å². The molecule has 0 atom stereocenters. The minimum atomic E-state index is -3.47. The second-order valence-electron chi connectivity index (χ2n) is 6.59. The van der Waals surface area contributed by atoms with E-state index in [1.54, 1.807) is 30.5 Å². The Kier molecular flexibility index (Phi) is 5.38. The fourth-order valence-corrected chi connectivity index (χ4v) is 4.48. The van der Waals surface area contributed by atoms with E-state index in [-0.39, 0.29) is 16.8 Å². The first-order chi connectivity index (χ1) is 12.4. The molecule has 7 heteroatoms. The second kappa shape index (κ2) is 7.55. The monoisotopic (exact) mass is 373 g/mol. The maximum atomic E-state index is 12.8. The van der Waals surface area contributed by atoms with Crippen molar-refractivity contribution in [2.75, 3.05) is 13.1 Å². The largest absolute Gasteiger partial charge is 0.268 e. The summed E-state index contributed by atoms with van der Waals surface area (Å²) in [4.78, 5) is 17.5. The topological polar surface area (TPSA) is 71.7 Å². The van der Waals surface area contributed by atoms with E-state index in [9.17, 15) is 13.2 Å². The van der Waals surface area contributed by atoms with Crippen LogP contribution in [0.2, 0.25) is 0 Å². The van der Waals surface area contributed by atoms with Gasteiger partial charge in [-0.1, -0.05) is 6.07 Å².